The van der Waals surface area contributed by atoms with Crippen LogP contribution in [-0.4, -0.2) is 39.7 Å². The van der Waals surface area contributed by atoms with Crippen LogP contribution in [0.5, 0.6) is 0 Å². The summed E-state index contributed by atoms with van der Waals surface area (Å²) in [5, 5.41) is 4.97. The maximum absolute atomic E-state index is 12.5. The molecule has 2 heterocycles. The fourth-order valence-corrected chi connectivity index (χ4v) is 2.93. The van der Waals surface area contributed by atoms with Gasteiger partial charge in [0.1, 0.15) is 0 Å². The van der Waals surface area contributed by atoms with Crippen LogP contribution in [0.2, 0.25) is 5.02 Å². The van der Waals surface area contributed by atoms with Crippen LogP contribution < -0.4 is 5.73 Å². The van der Waals surface area contributed by atoms with Crippen LogP contribution in [0, 0.1) is 0 Å². The van der Waals surface area contributed by atoms with E-state index < -0.39 is 0 Å². The van der Waals surface area contributed by atoms with Gasteiger partial charge in [0.15, 0.2) is 0 Å². The molecular weight excluding hydrogens is 300 g/mol. The van der Waals surface area contributed by atoms with E-state index in [1.165, 1.54) is 0 Å². The lowest BCUT2D eigenvalue weighted by Crippen LogP contribution is -2.45. The molecule has 5 nitrogen and oxygen atoms in total. The number of nitrogens with two attached hydrogens (primary N) is 1. The minimum Gasteiger partial charge on any atom is -0.337 e. The Labute approximate surface area is 134 Å². The van der Waals surface area contributed by atoms with Crippen LogP contribution in [0.4, 0.5) is 0 Å². The van der Waals surface area contributed by atoms with E-state index in [2.05, 4.69) is 5.10 Å². The third kappa shape index (κ3) is 3.31. The molecule has 22 heavy (non-hydrogen) atoms. The number of benzene rings is 1. The van der Waals surface area contributed by atoms with Gasteiger partial charge in [-0.25, -0.2) is 0 Å². The van der Waals surface area contributed by atoms with Crippen molar-refractivity contribution < 1.29 is 4.79 Å². The number of piperidine rings is 1. The largest absolute Gasteiger partial charge is 0.337 e. The molecule has 0 saturated carbocycles. The average molecular weight is 319 g/mol. The number of amides is 1. The number of hydrogen-bond acceptors (Lipinski definition) is 3. The Kier molecular flexibility index (Phi) is 4.45. The Morgan fingerprint density at radius 1 is 1.41 bits per heavy atom. The Bertz CT molecular complexity index is 670. The molecule has 1 aliphatic heterocycles. The fraction of sp³-hybridized carbons (Fsp3) is 0.375. The topological polar surface area (TPSA) is 64.2 Å². The maximum atomic E-state index is 12.5. The van der Waals surface area contributed by atoms with Gasteiger partial charge in [-0.2, -0.15) is 5.10 Å². The quantitative estimate of drug-likeness (QED) is 0.943. The molecule has 3 rings (SSSR count). The summed E-state index contributed by atoms with van der Waals surface area (Å²) >= 11 is 6.15. The summed E-state index contributed by atoms with van der Waals surface area (Å²) in [6, 6.07) is 7.71. The number of carbonyl (C=O) groups excluding carboxylic acids is 1. The molecule has 1 amide bonds. The summed E-state index contributed by atoms with van der Waals surface area (Å²) in [4.78, 5) is 14.3. The summed E-state index contributed by atoms with van der Waals surface area (Å²) in [5.41, 5.74) is 7.51. The van der Waals surface area contributed by atoms with Crippen molar-refractivity contribution in [3.63, 3.8) is 0 Å². The maximum Gasteiger partial charge on any atom is 0.257 e. The second kappa shape index (κ2) is 6.50. The van der Waals surface area contributed by atoms with Gasteiger partial charge >= 0.3 is 0 Å². The SMILES string of the molecule is NC1CCCN(C(=O)c2cnn(Cc3ccccc3Cl)c2)C1. The van der Waals surface area contributed by atoms with E-state index in [1.807, 2.05) is 29.2 Å². The lowest BCUT2D eigenvalue weighted by atomic mass is 10.1. The van der Waals surface area contributed by atoms with Crippen LogP contribution in [0.1, 0.15) is 28.8 Å². The zero-order valence-electron chi connectivity index (χ0n) is 12.3. The summed E-state index contributed by atoms with van der Waals surface area (Å²) in [6.07, 6.45) is 5.32. The molecule has 1 fully saturated rings. The molecule has 1 aliphatic rings. The van der Waals surface area contributed by atoms with Crippen molar-refractivity contribution in [2.75, 3.05) is 13.1 Å². The van der Waals surface area contributed by atoms with Crippen molar-refractivity contribution in [2.24, 2.45) is 5.73 Å². The fourth-order valence-electron chi connectivity index (χ4n) is 2.74. The van der Waals surface area contributed by atoms with Crippen LogP contribution in [0.15, 0.2) is 36.7 Å². The van der Waals surface area contributed by atoms with Crippen molar-refractivity contribution in [3.8, 4) is 0 Å². The number of carbonyl (C=O) groups is 1. The molecule has 2 N–H and O–H groups in total. The minimum absolute atomic E-state index is 0.000517. The molecule has 0 aliphatic carbocycles. The van der Waals surface area contributed by atoms with E-state index in [-0.39, 0.29) is 11.9 Å². The van der Waals surface area contributed by atoms with E-state index in [9.17, 15) is 4.79 Å². The van der Waals surface area contributed by atoms with Gasteiger partial charge in [0.25, 0.3) is 5.91 Å². The first-order valence-corrected chi connectivity index (χ1v) is 7.82. The van der Waals surface area contributed by atoms with Gasteiger partial charge < -0.3 is 10.6 Å². The van der Waals surface area contributed by atoms with Gasteiger partial charge in [0.2, 0.25) is 0 Å². The molecule has 116 valence electrons. The highest BCUT2D eigenvalue weighted by Crippen LogP contribution is 2.17. The number of likely N-dealkylation sites (tertiary alicyclic amines) is 1. The van der Waals surface area contributed by atoms with Crippen LogP contribution in [0.3, 0.4) is 0 Å². The van der Waals surface area contributed by atoms with Crippen molar-refractivity contribution >= 4 is 17.5 Å². The molecule has 1 aromatic carbocycles. The summed E-state index contributed by atoms with van der Waals surface area (Å²) in [6.45, 7) is 1.93. The third-order valence-electron chi connectivity index (χ3n) is 3.92. The predicted octanol–water partition coefficient (Wildman–Crippen LogP) is 2.15. The van der Waals surface area contributed by atoms with Crippen molar-refractivity contribution in [1.82, 2.24) is 14.7 Å². The highest BCUT2D eigenvalue weighted by molar-refractivity contribution is 6.31. The monoisotopic (exact) mass is 318 g/mol. The van der Waals surface area contributed by atoms with Crippen LogP contribution in [0.25, 0.3) is 0 Å². The average Bonchev–Trinajstić information content (AvgIpc) is 2.97. The normalized spacial score (nSPS) is 18.5. The predicted molar refractivity (Wildman–Crippen MR) is 85.9 cm³/mol. The third-order valence-corrected chi connectivity index (χ3v) is 4.28. The first kappa shape index (κ1) is 15.1. The van der Waals surface area contributed by atoms with E-state index in [1.54, 1.807) is 17.1 Å². The molecule has 2 aromatic rings. The van der Waals surface area contributed by atoms with Gasteiger partial charge in [-0.15, -0.1) is 0 Å². The van der Waals surface area contributed by atoms with Crippen LogP contribution >= 0.6 is 11.6 Å². The van der Waals surface area contributed by atoms with Gasteiger partial charge in [-0.05, 0) is 24.5 Å². The van der Waals surface area contributed by atoms with Crippen LogP contribution in [-0.2, 0) is 6.54 Å². The lowest BCUT2D eigenvalue weighted by molar-refractivity contribution is 0.0708. The van der Waals surface area contributed by atoms with E-state index in [4.69, 9.17) is 17.3 Å². The number of hydrogen-bond donors (Lipinski definition) is 1. The molecule has 1 aromatic heterocycles. The van der Waals surface area contributed by atoms with E-state index >= 15 is 0 Å². The standard InChI is InChI=1S/C16H19ClN4O/c17-15-6-2-1-4-12(15)9-21-10-13(8-19-21)16(22)20-7-3-5-14(18)11-20/h1-2,4,6,8,10,14H,3,5,7,9,11,18H2. The molecule has 1 unspecified atom stereocenters. The molecule has 1 saturated heterocycles. The highest BCUT2D eigenvalue weighted by Gasteiger charge is 2.23. The molecule has 1 atom stereocenters. The summed E-state index contributed by atoms with van der Waals surface area (Å²) in [5.74, 6) is 0.000517. The highest BCUT2D eigenvalue weighted by atomic mass is 35.5. The van der Waals surface area contributed by atoms with E-state index in [0.29, 0.717) is 23.7 Å². The second-order valence-corrected chi connectivity index (χ2v) is 6.08. The zero-order valence-corrected chi connectivity index (χ0v) is 13.0. The summed E-state index contributed by atoms with van der Waals surface area (Å²) in [7, 11) is 0. The smallest absolute Gasteiger partial charge is 0.257 e. The van der Waals surface area contributed by atoms with Crippen molar-refractivity contribution in [1.29, 1.82) is 0 Å². The van der Waals surface area contributed by atoms with E-state index in [0.717, 1.165) is 24.9 Å². The summed E-state index contributed by atoms with van der Waals surface area (Å²) < 4.78 is 1.73. The van der Waals surface area contributed by atoms with Crippen molar-refractivity contribution in [2.45, 2.75) is 25.4 Å². The first-order chi connectivity index (χ1) is 10.6. The second-order valence-electron chi connectivity index (χ2n) is 5.67. The molecule has 0 radical (unpaired) electrons. The Hall–Kier alpha value is -1.85. The first-order valence-electron chi connectivity index (χ1n) is 7.44. The Morgan fingerprint density at radius 3 is 3.00 bits per heavy atom. The van der Waals surface area contributed by atoms with Crippen molar-refractivity contribution in [3.05, 3.63) is 52.8 Å². The molecular formula is C16H19ClN4O. The van der Waals surface area contributed by atoms with Gasteiger partial charge in [-0.3, -0.25) is 9.48 Å². The molecule has 6 heteroatoms. The number of nitrogens with zero attached hydrogens (tertiary/aromatic N) is 3. The molecule has 0 bridgehead atoms. The number of aromatic nitrogens is 2. The van der Waals surface area contributed by atoms with Gasteiger partial charge in [0, 0.05) is 30.4 Å². The lowest BCUT2D eigenvalue weighted by Gasteiger charge is -2.30. The minimum atomic E-state index is 0.000517. The zero-order chi connectivity index (χ0) is 15.5. The van der Waals surface area contributed by atoms with Gasteiger partial charge in [-0.1, -0.05) is 29.8 Å². The Balaban J connectivity index is 1.71. The van der Waals surface area contributed by atoms with Gasteiger partial charge in [0.05, 0.1) is 18.3 Å². The Morgan fingerprint density at radius 2 is 2.23 bits per heavy atom. The molecule has 0 spiro atoms. The number of rotatable bonds is 3. The number of halogens is 1.